The summed E-state index contributed by atoms with van der Waals surface area (Å²) in [7, 11) is -3.24. The number of benzene rings is 2. The number of hydrogen-bond acceptors (Lipinski definition) is 6. The Labute approximate surface area is 230 Å². The number of ether oxygens (including phenoxy) is 1. The van der Waals surface area contributed by atoms with Crippen LogP contribution in [0.1, 0.15) is 69.3 Å². The first kappa shape index (κ1) is 27.3. The molecule has 5 rings (SSSR count). The molecule has 1 aromatic heterocycles. The van der Waals surface area contributed by atoms with Crippen molar-refractivity contribution in [2.24, 2.45) is 0 Å². The van der Waals surface area contributed by atoms with Gasteiger partial charge >= 0.3 is 6.09 Å². The number of carbonyl (C=O) groups is 1. The van der Waals surface area contributed by atoms with E-state index in [1.54, 1.807) is 24.8 Å². The quantitative estimate of drug-likeness (QED) is 0.386. The number of sulfone groups is 1. The molecule has 1 amide bonds. The van der Waals surface area contributed by atoms with Crippen LogP contribution in [0, 0.1) is 0 Å². The molecule has 0 spiro atoms. The molecule has 1 saturated carbocycles. The third-order valence-electron chi connectivity index (χ3n) is 8.08. The van der Waals surface area contributed by atoms with Gasteiger partial charge in [-0.3, -0.25) is 4.98 Å². The lowest BCUT2D eigenvalue weighted by atomic mass is 9.80. The largest absolute Gasteiger partial charge is 0.438 e. The van der Waals surface area contributed by atoms with Crippen LogP contribution in [-0.2, 0) is 24.9 Å². The molecule has 1 aliphatic heterocycles. The number of amides is 1. The Balaban J connectivity index is 1.34. The molecule has 0 radical (unpaired) electrons. The van der Waals surface area contributed by atoms with Gasteiger partial charge in [0.1, 0.15) is 10.3 Å². The first-order valence-corrected chi connectivity index (χ1v) is 15.3. The summed E-state index contributed by atoms with van der Waals surface area (Å²) < 4.78 is 30.0. The molecule has 3 aromatic rings. The lowest BCUT2D eigenvalue weighted by molar-refractivity contribution is -0.101. The first-order valence-electron chi connectivity index (χ1n) is 13.4. The van der Waals surface area contributed by atoms with Crippen LogP contribution in [0.25, 0.3) is 11.3 Å². The molecule has 206 valence electrons. The van der Waals surface area contributed by atoms with Gasteiger partial charge in [0.05, 0.1) is 23.0 Å². The minimum Gasteiger partial charge on any atom is -0.438 e. The van der Waals surface area contributed by atoms with Crippen LogP contribution in [0.4, 0.5) is 4.79 Å². The number of hydrogen-bond donors (Lipinski definition) is 1. The van der Waals surface area contributed by atoms with Gasteiger partial charge in [0.25, 0.3) is 0 Å². The monoisotopic (exact) mass is 548 g/mol. The number of carbonyl (C=O) groups excluding carboxylic acids is 1. The van der Waals surface area contributed by atoms with Crippen molar-refractivity contribution < 1.29 is 23.1 Å². The van der Waals surface area contributed by atoms with Crippen LogP contribution in [0.3, 0.4) is 0 Å². The van der Waals surface area contributed by atoms with Crippen molar-refractivity contribution in [3.63, 3.8) is 0 Å². The highest BCUT2D eigenvalue weighted by molar-refractivity contribution is 7.91. The second-order valence-corrected chi connectivity index (χ2v) is 14.0. The van der Waals surface area contributed by atoms with Crippen molar-refractivity contribution in [1.82, 2.24) is 9.88 Å². The van der Waals surface area contributed by atoms with Gasteiger partial charge in [-0.15, -0.1) is 0 Å². The van der Waals surface area contributed by atoms with Crippen LogP contribution in [0.5, 0.6) is 0 Å². The molecule has 8 heteroatoms. The predicted molar refractivity (Wildman–Crippen MR) is 151 cm³/mol. The average molecular weight is 549 g/mol. The van der Waals surface area contributed by atoms with E-state index in [9.17, 15) is 18.3 Å². The second kappa shape index (κ2) is 9.75. The number of nitrogens with zero attached hydrogens (tertiary/aromatic N) is 2. The van der Waals surface area contributed by atoms with Crippen molar-refractivity contribution in [2.45, 2.75) is 68.4 Å². The van der Waals surface area contributed by atoms with E-state index in [0.717, 1.165) is 22.4 Å². The summed E-state index contributed by atoms with van der Waals surface area (Å²) in [6.07, 6.45) is 2.95. The maximum atomic E-state index is 13.4. The molecular weight excluding hydrogens is 512 g/mol. The third kappa shape index (κ3) is 5.32. The highest BCUT2D eigenvalue weighted by Crippen LogP contribution is 2.52. The fourth-order valence-electron chi connectivity index (χ4n) is 5.78. The Kier molecular flexibility index (Phi) is 6.84. The van der Waals surface area contributed by atoms with E-state index in [2.05, 4.69) is 0 Å². The van der Waals surface area contributed by atoms with Gasteiger partial charge in [-0.2, -0.15) is 0 Å². The van der Waals surface area contributed by atoms with Gasteiger partial charge in [0.2, 0.25) is 0 Å². The lowest BCUT2D eigenvalue weighted by Gasteiger charge is -2.45. The van der Waals surface area contributed by atoms with Crippen LogP contribution in [0.2, 0.25) is 0 Å². The maximum absolute atomic E-state index is 13.4. The summed E-state index contributed by atoms with van der Waals surface area (Å²) in [5, 5.41) is 10.6. The predicted octanol–water partition coefficient (Wildman–Crippen LogP) is 5.74. The molecule has 1 saturated heterocycles. The Morgan fingerprint density at radius 1 is 1.00 bits per heavy atom. The van der Waals surface area contributed by atoms with E-state index in [1.165, 1.54) is 6.26 Å². The molecule has 2 heterocycles. The Hall–Kier alpha value is -3.23. The molecule has 2 aliphatic rings. The Bertz CT molecular complexity index is 1460. The smallest absolute Gasteiger partial charge is 0.411 e. The van der Waals surface area contributed by atoms with Crippen molar-refractivity contribution in [2.75, 3.05) is 12.8 Å². The number of aromatic nitrogens is 1. The molecule has 0 bridgehead atoms. The topological polar surface area (TPSA) is 96.8 Å². The fraction of sp³-hybridized carbons (Fsp3) is 0.419. The summed E-state index contributed by atoms with van der Waals surface area (Å²) in [4.78, 5) is 19.8. The molecule has 2 atom stereocenters. The zero-order chi connectivity index (χ0) is 28.1. The Morgan fingerprint density at radius 3 is 2.23 bits per heavy atom. The normalized spacial score (nSPS) is 21.8. The minimum atomic E-state index is -3.24. The standard InChI is InChI=1S/C31H36N2O5S/c1-22(33-20-19-30(38-28(33)34,21-29(2,3)35)25-9-6-5-7-10-25)23-13-15-24(16-14-23)26-11-8-12-27(32-26)31(17-18-31)39(4,36)37/h5-16,22,35H,17-21H2,1-4H3/t22-,30?/m0/s1. The summed E-state index contributed by atoms with van der Waals surface area (Å²) >= 11 is 0. The van der Waals surface area contributed by atoms with Crippen LogP contribution >= 0.6 is 0 Å². The molecule has 1 unspecified atom stereocenters. The lowest BCUT2D eigenvalue weighted by Crippen LogP contribution is -2.51. The maximum Gasteiger partial charge on any atom is 0.411 e. The number of cyclic esters (lactones) is 1. The number of pyridine rings is 1. The van der Waals surface area contributed by atoms with Crippen LogP contribution in [0.15, 0.2) is 72.8 Å². The summed E-state index contributed by atoms with van der Waals surface area (Å²) in [6, 6.07) is 22.8. The van der Waals surface area contributed by atoms with E-state index < -0.39 is 31.9 Å². The van der Waals surface area contributed by atoms with Gasteiger partial charge in [-0.05, 0) is 56.9 Å². The van der Waals surface area contributed by atoms with E-state index >= 15 is 0 Å². The zero-order valence-corrected chi connectivity index (χ0v) is 23.7. The first-order chi connectivity index (χ1) is 18.3. The highest BCUT2D eigenvalue weighted by atomic mass is 32.2. The van der Waals surface area contributed by atoms with Gasteiger partial charge in [0.15, 0.2) is 9.84 Å². The van der Waals surface area contributed by atoms with Crippen molar-refractivity contribution >= 4 is 15.9 Å². The van der Waals surface area contributed by atoms with Gasteiger partial charge in [-0.1, -0.05) is 60.7 Å². The third-order valence-corrected chi connectivity index (χ3v) is 10.1. The summed E-state index contributed by atoms with van der Waals surface area (Å²) in [6.45, 7) is 5.93. The van der Waals surface area contributed by atoms with E-state index in [0.29, 0.717) is 37.9 Å². The zero-order valence-electron chi connectivity index (χ0n) is 22.9. The molecular formula is C31H36N2O5S. The van der Waals surface area contributed by atoms with E-state index in [1.807, 2.05) is 73.7 Å². The molecule has 1 aliphatic carbocycles. The molecule has 7 nitrogen and oxygen atoms in total. The fourth-order valence-corrected chi connectivity index (χ4v) is 7.12. The average Bonchev–Trinajstić information content (AvgIpc) is 3.71. The Morgan fingerprint density at radius 2 is 1.67 bits per heavy atom. The van der Waals surface area contributed by atoms with Crippen molar-refractivity contribution in [1.29, 1.82) is 0 Å². The number of rotatable bonds is 8. The number of aliphatic hydroxyl groups is 1. The molecule has 2 aromatic carbocycles. The van der Waals surface area contributed by atoms with Gasteiger partial charge in [-0.25, -0.2) is 13.2 Å². The second-order valence-electron chi connectivity index (χ2n) is 11.6. The van der Waals surface area contributed by atoms with E-state index in [-0.39, 0.29) is 6.04 Å². The molecule has 39 heavy (non-hydrogen) atoms. The van der Waals surface area contributed by atoms with Gasteiger partial charge < -0.3 is 14.7 Å². The molecule has 2 fully saturated rings. The highest BCUT2D eigenvalue weighted by Gasteiger charge is 2.54. The summed E-state index contributed by atoms with van der Waals surface area (Å²) in [5.41, 5.74) is 2.14. The van der Waals surface area contributed by atoms with Crippen molar-refractivity contribution in [3.05, 3.63) is 89.6 Å². The minimum absolute atomic E-state index is 0.221. The van der Waals surface area contributed by atoms with E-state index in [4.69, 9.17) is 9.72 Å². The van der Waals surface area contributed by atoms with Gasteiger partial charge in [0, 0.05) is 31.2 Å². The van der Waals surface area contributed by atoms with Crippen LogP contribution < -0.4 is 0 Å². The summed E-state index contributed by atoms with van der Waals surface area (Å²) in [5.74, 6) is 0. The van der Waals surface area contributed by atoms with Crippen LogP contribution in [-0.4, -0.2) is 47.9 Å². The SMILES string of the molecule is C[C@@H](c1ccc(-c2cccc(C3(S(C)(=O)=O)CC3)n2)cc1)N1CCC(CC(C)(C)O)(c2ccccc2)OC1=O. The van der Waals surface area contributed by atoms with Crippen molar-refractivity contribution in [3.8, 4) is 11.3 Å². The molecule has 1 N–H and O–H groups in total.